The van der Waals surface area contributed by atoms with Gasteiger partial charge >= 0.3 is 0 Å². The number of para-hydroxylation sites is 1. The average molecular weight is 685 g/mol. The van der Waals surface area contributed by atoms with E-state index in [1.54, 1.807) is 11.3 Å². The molecule has 0 radical (unpaired) electrons. The first-order valence-corrected chi connectivity index (χ1v) is 18.2. The second-order valence-corrected chi connectivity index (χ2v) is 14.2. The van der Waals surface area contributed by atoms with Crippen molar-refractivity contribution >= 4 is 93.3 Å². The Morgan fingerprint density at radius 2 is 1.13 bits per heavy atom. The largest absolute Gasteiger partial charge is 0.456 e. The number of fused-ring (bicyclic) bond motifs is 9. The fourth-order valence-corrected chi connectivity index (χ4v) is 8.63. The molecule has 11 aromatic rings. The van der Waals surface area contributed by atoms with Crippen molar-refractivity contribution in [1.29, 1.82) is 0 Å². The Balaban J connectivity index is 1.08. The summed E-state index contributed by atoms with van der Waals surface area (Å²) < 4.78 is 14.0. The molecule has 0 N–H and O–H groups in total. The molecule has 3 aromatic heterocycles. The minimum absolute atomic E-state index is 0.821. The van der Waals surface area contributed by atoms with Crippen LogP contribution in [0.4, 0.5) is 17.1 Å². The van der Waals surface area contributed by atoms with Crippen molar-refractivity contribution < 1.29 is 8.83 Å². The van der Waals surface area contributed by atoms with Gasteiger partial charge in [-0.05, 0) is 82.6 Å². The molecular weight excluding hydrogens is 657 g/mol. The fourth-order valence-electron chi connectivity index (χ4n) is 7.65. The van der Waals surface area contributed by atoms with Gasteiger partial charge in [0.05, 0.1) is 15.6 Å². The van der Waals surface area contributed by atoms with E-state index in [1.807, 2.05) is 18.2 Å². The van der Waals surface area contributed by atoms with E-state index >= 15 is 0 Å². The number of nitrogens with zero attached hydrogens (tertiary/aromatic N) is 2. The van der Waals surface area contributed by atoms with E-state index in [4.69, 9.17) is 13.8 Å². The van der Waals surface area contributed by atoms with Gasteiger partial charge in [0.1, 0.15) is 27.3 Å². The number of hydrogen-bond acceptors (Lipinski definition) is 5. The van der Waals surface area contributed by atoms with Gasteiger partial charge in [0, 0.05) is 44.9 Å². The van der Waals surface area contributed by atoms with Crippen LogP contribution in [0.15, 0.2) is 179 Å². The van der Waals surface area contributed by atoms with E-state index in [2.05, 4.69) is 157 Å². The Morgan fingerprint density at radius 1 is 0.442 bits per heavy atom. The Kier molecular flexibility index (Phi) is 6.39. The van der Waals surface area contributed by atoms with Crippen molar-refractivity contribution in [3.05, 3.63) is 170 Å². The summed E-state index contributed by atoms with van der Waals surface area (Å²) in [5.41, 5.74) is 11.0. The van der Waals surface area contributed by atoms with Crippen LogP contribution in [0.2, 0.25) is 0 Å². The van der Waals surface area contributed by atoms with Crippen LogP contribution in [0.1, 0.15) is 0 Å². The number of furan rings is 2. The second kappa shape index (κ2) is 11.4. The number of anilines is 3. The molecule has 11 rings (SSSR count). The van der Waals surface area contributed by atoms with Gasteiger partial charge in [-0.15, -0.1) is 11.3 Å². The topological polar surface area (TPSA) is 42.4 Å². The summed E-state index contributed by atoms with van der Waals surface area (Å²) in [7, 11) is 0. The summed E-state index contributed by atoms with van der Waals surface area (Å²) in [6.07, 6.45) is 0. The van der Waals surface area contributed by atoms with Crippen LogP contribution >= 0.6 is 11.3 Å². The zero-order valence-electron chi connectivity index (χ0n) is 27.8. The van der Waals surface area contributed by atoms with Gasteiger partial charge < -0.3 is 13.7 Å². The Labute approximate surface area is 302 Å². The van der Waals surface area contributed by atoms with E-state index in [1.165, 1.54) is 21.9 Å². The summed E-state index contributed by atoms with van der Waals surface area (Å²) in [5, 5.41) is 7.76. The minimum Gasteiger partial charge on any atom is -0.456 e. The average Bonchev–Trinajstić information content (AvgIpc) is 3.91. The lowest BCUT2D eigenvalue weighted by atomic mass is 9.98. The van der Waals surface area contributed by atoms with Crippen molar-refractivity contribution in [1.82, 2.24) is 4.98 Å². The normalized spacial score (nSPS) is 11.8. The quantitative estimate of drug-likeness (QED) is 0.181. The van der Waals surface area contributed by atoms with Gasteiger partial charge in [-0.3, -0.25) is 0 Å². The maximum Gasteiger partial charge on any atom is 0.137 e. The lowest BCUT2D eigenvalue weighted by Gasteiger charge is -2.26. The highest BCUT2D eigenvalue weighted by atomic mass is 32.1. The molecule has 244 valence electrons. The fraction of sp³-hybridized carbons (Fsp3) is 0. The van der Waals surface area contributed by atoms with E-state index in [-0.39, 0.29) is 0 Å². The molecule has 0 saturated carbocycles. The van der Waals surface area contributed by atoms with E-state index in [0.717, 1.165) is 81.7 Å². The summed E-state index contributed by atoms with van der Waals surface area (Å²) in [5.74, 6) is 0. The third-order valence-electron chi connectivity index (χ3n) is 10.1. The maximum atomic E-state index is 6.59. The molecule has 0 bridgehead atoms. The number of aromatic nitrogens is 1. The predicted octanol–water partition coefficient (Wildman–Crippen LogP) is 14.1. The van der Waals surface area contributed by atoms with Gasteiger partial charge in [-0.25, -0.2) is 4.98 Å². The molecule has 0 saturated heterocycles. The Morgan fingerprint density at radius 3 is 2.04 bits per heavy atom. The molecule has 4 nitrogen and oxygen atoms in total. The molecule has 0 aliphatic heterocycles. The highest BCUT2D eigenvalue weighted by Gasteiger charge is 2.20. The molecule has 0 aliphatic rings. The molecule has 3 heterocycles. The van der Waals surface area contributed by atoms with Crippen molar-refractivity contribution in [3.63, 3.8) is 0 Å². The van der Waals surface area contributed by atoms with Crippen LogP contribution in [0.25, 0.3) is 86.6 Å². The van der Waals surface area contributed by atoms with E-state index < -0.39 is 0 Å². The van der Waals surface area contributed by atoms with Crippen LogP contribution < -0.4 is 4.90 Å². The predicted molar refractivity (Wildman–Crippen MR) is 217 cm³/mol. The SMILES string of the molecule is c1ccc(-c2nc3c(ccc4oc5cc(N(c6ccc(-c7cccc8ccccc78)cc6)c6ccc7oc8ccccc8c7c6)ccc5c43)s2)cc1. The monoisotopic (exact) mass is 684 g/mol. The van der Waals surface area contributed by atoms with Crippen LogP contribution in [0.3, 0.4) is 0 Å². The van der Waals surface area contributed by atoms with Gasteiger partial charge in [0.2, 0.25) is 0 Å². The van der Waals surface area contributed by atoms with Crippen molar-refractivity contribution in [3.8, 4) is 21.7 Å². The molecule has 0 spiro atoms. The summed E-state index contributed by atoms with van der Waals surface area (Å²) in [4.78, 5) is 7.42. The molecule has 0 aliphatic carbocycles. The number of benzene rings is 8. The van der Waals surface area contributed by atoms with Crippen molar-refractivity contribution in [2.24, 2.45) is 0 Å². The first-order valence-electron chi connectivity index (χ1n) is 17.4. The van der Waals surface area contributed by atoms with Crippen LogP contribution in [-0.2, 0) is 0 Å². The lowest BCUT2D eigenvalue weighted by Crippen LogP contribution is -2.09. The highest BCUT2D eigenvalue weighted by Crippen LogP contribution is 2.44. The van der Waals surface area contributed by atoms with Crippen LogP contribution in [0, 0.1) is 0 Å². The molecule has 0 unspecified atom stereocenters. The second-order valence-electron chi connectivity index (χ2n) is 13.1. The van der Waals surface area contributed by atoms with Crippen molar-refractivity contribution in [2.75, 3.05) is 4.90 Å². The van der Waals surface area contributed by atoms with Gasteiger partial charge in [0.25, 0.3) is 0 Å². The van der Waals surface area contributed by atoms with E-state index in [0.29, 0.717) is 0 Å². The van der Waals surface area contributed by atoms with E-state index in [9.17, 15) is 0 Å². The van der Waals surface area contributed by atoms with Crippen LogP contribution in [-0.4, -0.2) is 4.98 Å². The first-order chi connectivity index (χ1) is 25.7. The molecular formula is C47H28N2O2S. The van der Waals surface area contributed by atoms with Gasteiger partial charge in [-0.2, -0.15) is 0 Å². The highest BCUT2D eigenvalue weighted by molar-refractivity contribution is 7.21. The Hall–Kier alpha value is -6.69. The molecule has 0 amide bonds. The zero-order valence-corrected chi connectivity index (χ0v) is 28.6. The summed E-state index contributed by atoms with van der Waals surface area (Å²) >= 11 is 1.71. The smallest absolute Gasteiger partial charge is 0.137 e. The van der Waals surface area contributed by atoms with Crippen LogP contribution in [0.5, 0.6) is 0 Å². The third-order valence-corrected chi connectivity index (χ3v) is 11.2. The number of rotatable bonds is 5. The molecule has 0 fully saturated rings. The maximum absolute atomic E-state index is 6.59. The first kappa shape index (κ1) is 29.1. The third kappa shape index (κ3) is 4.57. The summed E-state index contributed by atoms with van der Waals surface area (Å²) in [6, 6.07) is 59.7. The molecule has 0 atom stereocenters. The van der Waals surface area contributed by atoms with Gasteiger partial charge in [-0.1, -0.05) is 103 Å². The van der Waals surface area contributed by atoms with Gasteiger partial charge in [0.15, 0.2) is 0 Å². The molecule has 52 heavy (non-hydrogen) atoms. The summed E-state index contributed by atoms with van der Waals surface area (Å²) in [6.45, 7) is 0. The molecule has 8 aromatic carbocycles. The standard InChI is InChI=1S/C47H28N2O2S/c1-2-10-31(11-3-1)47-48-46-44(52-47)26-25-42-45(46)38-23-21-34(28-43(38)51-42)49(33-22-24-41-39(27-33)37-14-6-7-16-40(37)50-41)32-19-17-30(18-20-32)36-15-8-12-29-9-4-5-13-35(29)36/h1-28H. The number of thiazole rings is 1. The zero-order chi connectivity index (χ0) is 34.2. The minimum atomic E-state index is 0.821. The lowest BCUT2D eigenvalue weighted by molar-refractivity contribution is 0.668. The number of hydrogen-bond donors (Lipinski definition) is 0. The molecule has 5 heteroatoms. The van der Waals surface area contributed by atoms with Crippen molar-refractivity contribution in [2.45, 2.75) is 0 Å². The Bertz CT molecular complexity index is 3130.